The molecule has 8 heteroatoms. The first-order valence-electron chi connectivity index (χ1n) is 7.67. The molecule has 0 aromatic heterocycles. The van der Waals surface area contributed by atoms with Gasteiger partial charge in [-0.2, -0.15) is 0 Å². The van der Waals surface area contributed by atoms with Gasteiger partial charge < -0.3 is 24.7 Å². The second-order valence-corrected chi connectivity index (χ2v) is 5.38. The van der Waals surface area contributed by atoms with Gasteiger partial charge in [0.25, 0.3) is 5.09 Å². The summed E-state index contributed by atoms with van der Waals surface area (Å²) in [5.74, 6) is 1.08. The lowest BCUT2D eigenvalue weighted by Gasteiger charge is -2.25. The van der Waals surface area contributed by atoms with Crippen LogP contribution >= 0.6 is 0 Å². The zero-order valence-corrected chi connectivity index (χ0v) is 13.1. The summed E-state index contributed by atoms with van der Waals surface area (Å²) in [7, 11) is 0. The molecule has 1 aromatic carbocycles. The molecule has 0 aliphatic carbocycles. The summed E-state index contributed by atoms with van der Waals surface area (Å²) in [5.41, 5.74) is 0.791. The molecular formula is C15H22N2O6. The Bertz CT molecular complexity index is 525. The molecule has 1 aliphatic heterocycles. The maximum absolute atomic E-state index is 10.4. The first-order valence-corrected chi connectivity index (χ1v) is 7.67. The third-order valence-corrected chi connectivity index (χ3v) is 3.39. The number of ether oxygens (including phenoxy) is 2. The first-order chi connectivity index (χ1) is 11.1. The largest absolute Gasteiger partial charge is 0.487 e. The Labute approximate surface area is 134 Å². The third-order valence-electron chi connectivity index (χ3n) is 3.39. The molecular weight excluding hydrogens is 304 g/mol. The summed E-state index contributed by atoms with van der Waals surface area (Å²) in [4.78, 5) is 15.0. The molecule has 0 bridgehead atoms. The minimum Gasteiger partial charge on any atom is -0.487 e. The first kappa shape index (κ1) is 17.3. The van der Waals surface area contributed by atoms with Gasteiger partial charge in [0.15, 0.2) is 11.5 Å². The maximum Gasteiger partial charge on any atom is 0.294 e. The van der Waals surface area contributed by atoms with Gasteiger partial charge in [-0.1, -0.05) is 19.1 Å². The van der Waals surface area contributed by atoms with E-state index in [0.717, 1.165) is 18.5 Å². The fourth-order valence-electron chi connectivity index (χ4n) is 2.36. The molecule has 128 valence electrons. The number of aliphatic hydroxyl groups is 1. The van der Waals surface area contributed by atoms with E-state index in [2.05, 4.69) is 17.1 Å². The van der Waals surface area contributed by atoms with Crippen molar-refractivity contribution in [1.82, 2.24) is 5.32 Å². The number of rotatable bonds is 9. The molecule has 1 aliphatic rings. The van der Waals surface area contributed by atoms with Crippen molar-refractivity contribution >= 4 is 0 Å². The Hall–Kier alpha value is -2.06. The maximum atomic E-state index is 10.4. The van der Waals surface area contributed by atoms with E-state index in [1.165, 1.54) is 0 Å². The second-order valence-electron chi connectivity index (χ2n) is 5.38. The highest BCUT2D eigenvalue weighted by atomic mass is 17.0. The monoisotopic (exact) mass is 326 g/mol. The van der Waals surface area contributed by atoms with Crippen LogP contribution in [-0.4, -0.2) is 48.7 Å². The van der Waals surface area contributed by atoms with Gasteiger partial charge in [0.2, 0.25) is 0 Å². The average Bonchev–Trinajstić information content (AvgIpc) is 2.52. The van der Waals surface area contributed by atoms with E-state index in [4.69, 9.17) is 9.47 Å². The van der Waals surface area contributed by atoms with Crippen LogP contribution in [0.4, 0.5) is 0 Å². The number of para-hydroxylation sites is 1. The molecule has 8 nitrogen and oxygen atoms in total. The van der Waals surface area contributed by atoms with Crippen molar-refractivity contribution in [3.63, 3.8) is 0 Å². The quantitative estimate of drug-likeness (QED) is 0.395. The van der Waals surface area contributed by atoms with Gasteiger partial charge in [-0.15, -0.1) is 10.1 Å². The number of benzene rings is 1. The van der Waals surface area contributed by atoms with Crippen LogP contribution in [-0.2, 0) is 11.3 Å². The summed E-state index contributed by atoms with van der Waals surface area (Å²) >= 11 is 0. The number of nitrogens with zero attached hydrogens (tertiary/aromatic N) is 1. The van der Waals surface area contributed by atoms with Crippen molar-refractivity contribution in [1.29, 1.82) is 0 Å². The Morgan fingerprint density at radius 1 is 1.57 bits per heavy atom. The molecule has 0 saturated heterocycles. The van der Waals surface area contributed by atoms with Crippen molar-refractivity contribution in [3.8, 4) is 11.5 Å². The lowest BCUT2D eigenvalue weighted by molar-refractivity contribution is -0.769. The number of aliphatic hydroxyl groups excluding tert-OH is 1. The van der Waals surface area contributed by atoms with Crippen LogP contribution in [0.1, 0.15) is 18.9 Å². The zero-order chi connectivity index (χ0) is 16.7. The van der Waals surface area contributed by atoms with Crippen LogP contribution in [0.3, 0.4) is 0 Å². The van der Waals surface area contributed by atoms with E-state index in [9.17, 15) is 15.2 Å². The second kappa shape index (κ2) is 8.54. The minimum atomic E-state index is -0.807. The van der Waals surface area contributed by atoms with Gasteiger partial charge in [0.1, 0.15) is 25.4 Å². The average molecular weight is 326 g/mol. The predicted molar refractivity (Wildman–Crippen MR) is 82.2 cm³/mol. The fraction of sp³-hybridized carbons (Fsp3) is 0.600. The normalized spacial score (nSPS) is 17.7. The lowest BCUT2D eigenvalue weighted by Crippen LogP contribution is -2.32. The van der Waals surface area contributed by atoms with Crippen LogP contribution in [0.15, 0.2) is 18.2 Å². The highest BCUT2D eigenvalue weighted by Crippen LogP contribution is 2.35. The molecule has 23 heavy (non-hydrogen) atoms. The standard InChI is InChI=1S/C15H22N2O6/c1-2-6-16-8-12(18)9-21-14-5-3-4-11-7-13(23-17(19)20)10-22-15(11)14/h3-5,12-13,16,18H,2,6-10H2,1H3. The molecule has 2 atom stereocenters. The number of nitrogens with one attached hydrogen (secondary N) is 1. The Morgan fingerprint density at radius 3 is 3.13 bits per heavy atom. The van der Waals surface area contributed by atoms with E-state index >= 15 is 0 Å². The minimum absolute atomic E-state index is 0.0922. The van der Waals surface area contributed by atoms with Crippen molar-refractivity contribution in [2.75, 3.05) is 26.3 Å². The molecule has 0 amide bonds. The summed E-state index contributed by atoms with van der Waals surface area (Å²) in [5, 5.41) is 22.6. The van der Waals surface area contributed by atoms with Crippen molar-refractivity contribution < 1.29 is 24.5 Å². The SMILES string of the molecule is CCCNCC(O)COc1cccc2c1OCC(O[N+](=O)[O-])C2. The molecule has 0 saturated carbocycles. The zero-order valence-electron chi connectivity index (χ0n) is 13.1. The topological polar surface area (TPSA) is 103 Å². The van der Waals surface area contributed by atoms with E-state index in [1.54, 1.807) is 12.1 Å². The van der Waals surface area contributed by atoms with Crippen molar-refractivity contribution in [2.45, 2.75) is 32.0 Å². The summed E-state index contributed by atoms with van der Waals surface area (Å²) in [6.45, 7) is 3.60. The number of hydrogen-bond donors (Lipinski definition) is 2. The van der Waals surface area contributed by atoms with Crippen LogP contribution < -0.4 is 14.8 Å². The highest BCUT2D eigenvalue weighted by molar-refractivity contribution is 5.48. The molecule has 0 spiro atoms. The highest BCUT2D eigenvalue weighted by Gasteiger charge is 2.25. The van der Waals surface area contributed by atoms with E-state index in [1.807, 2.05) is 6.07 Å². The van der Waals surface area contributed by atoms with Gasteiger partial charge in [-0.3, -0.25) is 0 Å². The smallest absolute Gasteiger partial charge is 0.294 e. The Morgan fingerprint density at radius 2 is 2.39 bits per heavy atom. The summed E-state index contributed by atoms with van der Waals surface area (Å²) in [6, 6.07) is 5.35. The van der Waals surface area contributed by atoms with Crippen LogP contribution in [0.25, 0.3) is 0 Å². The van der Waals surface area contributed by atoms with E-state index < -0.39 is 17.3 Å². The van der Waals surface area contributed by atoms with Crippen LogP contribution in [0.5, 0.6) is 11.5 Å². The van der Waals surface area contributed by atoms with Crippen LogP contribution in [0, 0.1) is 10.1 Å². The molecule has 2 N–H and O–H groups in total. The van der Waals surface area contributed by atoms with Gasteiger partial charge in [-0.05, 0) is 19.0 Å². The molecule has 1 aromatic rings. The molecule has 0 fully saturated rings. The fourth-order valence-corrected chi connectivity index (χ4v) is 2.36. The van der Waals surface area contributed by atoms with Gasteiger partial charge in [-0.25, -0.2) is 0 Å². The molecule has 0 radical (unpaired) electrons. The lowest BCUT2D eigenvalue weighted by atomic mass is 10.0. The Kier molecular flexibility index (Phi) is 6.42. The number of fused-ring (bicyclic) bond motifs is 1. The molecule has 1 heterocycles. The van der Waals surface area contributed by atoms with Gasteiger partial charge in [0.05, 0.1) is 0 Å². The molecule has 2 rings (SSSR count). The van der Waals surface area contributed by atoms with Gasteiger partial charge in [0, 0.05) is 18.5 Å². The molecule has 2 unspecified atom stereocenters. The number of hydrogen-bond acceptors (Lipinski definition) is 7. The third kappa shape index (κ3) is 5.26. The predicted octanol–water partition coefficient (Wildman–Crippen LogP) is 0.938. The van der Waals surface area contributed by atoms with E-state index in [0.29, 0.717) is 24.5 Å². The van der Waals surface area contributed by atoms with Crippen LogP contribution in [0.2, 0.25) is 0 Å². The van der Waals surface area contributed by atoms with Crippen molar-refractivity contribution in [2.24, 2.45) is 0 Å². The van der Waals surface area contributed by atoms with Gasteiger partial charge >= 0.3 is 0 Å². The summed E-state index contributed by atoms with van der Waals surface area (Å²) in [6.07, 6.45) is 0.151. The van der Waals surface area contributed by atoms with Crippen molar-refractivity contribution in [3.05, 3.63) is 33.9 Å². The Balaban J connectivity index is 1.91. The summed E-state index contributed by atoms with van der Waals surface area (Å²) < 4.78 is 11.2. The van der Waals surface area contributed by atoms with E-state index in [-0.39, 0.29) is 13.2 Å².